The molecule has 1 fully saturated rings. The molecule has 2 heterocycles. The van der Waals surface area contributed by atoms with E-state index in [0.717, 1.165) is 0 Å². The second kappa shape index (κ2) is 10.8. The number of halogens is 7. The van der Waals surface area contributed by atoms with Crippen LogP contribution in [0.5, 0.6) is 0 Å². The molecule has 4 atom stereocenters. The first-order valence-electron chi connectivity index (χ1n) is 12.3. The van der Waals surface area contributed by atoms with E-state index in [1.165, 1.54) is 6.20 Å². The molecule has 0 spiro atoms. The van der Waals surface area contributed by atoms with Crippen LogP contribution < -0.4 is 10.3 Å². The summed E-state index contributed by atoms with van der Waals surface area (Å²) in [6.45, 7) is 21.7. The van der Waals surface area contributed by atoms with E-state index < -0.39 is 66.6 Å². The van der Waals surface area contributed by atoms with Crippen LogP contribution >= 0.6 is 0 Å². The SMILES string of the molecule is CC(C)(C)[Si](C)(C)OC[C@H]1OC([n+]2cccc(C(N)=O)c2)[C@H](F)[C@@H]1O[Si](C)(C)C(C)(C)C.[F][Sb-]([F])([F])([F])([F])[F]. The number of hydrogen-bond acceptors (Lipinski definition) is 4. The van der Waals surface area contributed by atoms with Crippen molar-refractivity contribution in [3.8, 4) is 0 Å². The summed E-state index contributed by atoms with van der Waals surface area (Å²) in [4.78, 5) is 11.6. The molecule has 1 aliphatic rings. The number of nitrogens with two attached hydrogens (primary N) is 1. The van der Waals surface area contributed by atoms with Crippen LogP contribution in [0, 0.1) is 0 Å². The van der Waals surface area contributed by atoms with Gasteiger partial charge in [-0.25, -0.2) is 4.39 Å². The maximum absolute atomic E-state index is 15.9. The van der Waals surface area contributed by atoms with Crippen molar-refractivity contribution in [3.63, 3.8) is 0 Å². The normalized spacial score (nSPS) is 24.8. The van der Waals surface area contributed by atoms with Crippen LogP contribution in [0.25, 0.3) is 0 Å². The number of hydrogen-bond donors (Lipinski definition) is 1. The van der Waals surface area contributed by atoms with Crippen molar-refractivity contribution in [1.82, 2.24) is 0 Å². The van der Waals surface area contributed by atoms with Gasteiger partial charge >= 0.3 is 36.4 Å². The molecule has 1 aliphatic heterocycles. The number of nitrogens with zero attached hydrogens (tertiary/aromatic N) is 1. The molecule has 1 aromatic heterocycles. The van der Waals surface area contributed by atoms with Crippen molar-refractivity contribution in [2.45, 2.75) is 102 Å². The molecule has 0 aliphatic carbocycles. The van der Waals surface area contributed by atoms with Gasteiger partial charge in [-0.2, -0.15) is 4.57 Å². The number of alkyl halides is 1. The van der Waals surface area contributed by atoms with E-state index in [1.807, 2.05) is 0 Å². The van der Waals surface area contributed by atoms with Crippen molar-refractivity contribution in [3.05, 3.63) is 30.1 Å². The van der Waals surface area contributed by atoms with E-state index >= 15 is 4.39 Å². The van der Waals surface area contributed by atoms with Gasteiger partial charge in [0.05, 0.1) is 6.61 Å². The topological polar surface area (TPSA) is 74.7 Å². The Morgan fingerprint density at radius 3 is 1.87 bits per heavy atom. The second-order valence-corrected chi connectivity index (χ2v) is 27.8. The number of pyridine rings is 1. The summed E-state index contributed by atoms with van der Waals surface area (Å²) in [5, 5.41) is -0.0465. The van der Waals surface area contributed by atoms with Crippen molar-refractivity contribution in [1.29, 1.82) is 0 Å². The summed E-state index contributed by atoms with van der Waals surface area (Å²) in [6, 6.07) is 3.27. The van der Waals surface area contributed by atoms with Crippen LogP contribution in [0.2, 0.25) is 36.3 Å². The van der Waals surface area contributed by atoms with Gasteiger partial charge < -0.3 is 19.3 Å². The van der Waals surface area contributed by atoms with E-state index in [0.29, 0.717) is 5.56 Å². The minimum atomic E-state index is -11.2. The van der Waals surface area contributed by atoms with Gasteiger partial charge in [-0.1, -0.05) is 41.5 Å². The van der Waals surface area contributed by atoms with Gasteiger partial charge in [-0.15, -0.1) is 0 Å². The molecule has 16 heteroatoms. The molecule has 1 amide bonds. The third-order valence-electron chi connectivity index (χ3n) is 7.32. The molecule has 0 saturated carbocycles. The fourth-order valence-electron chi connectivity index (χ4n) is 3.03. The Kier molecular flexibility index (Phi) is 10.1. The second-order valence-electron chi connectivity index (χ2n) is 12.8. The van der Waals surface area contributed by atoms with Crippen LogP contribution in [0.1, 0.15) is 58.1 Å². The van der Waals surface area contributed by atoms with Gasteiger partial charge in [-0.05, 0) is 42.3 Å². The van der Waals surface area contributed by atoms with E-state index in [9.17, 15) is 21.7 Å². The number of rotatable bonds is 7. The number of carbonyl (C=O) groups excluding carboxylic acids is 1. The quantitative estimate of drug-likeness (QED) is 0.190. The van der Waals surface area contributed by atoms with Crippen molar-refractivity contribution < 1.29 is 44.2 Å². The van der Waals surface area contributed by atoms with Crippen molar-refractivity contribution in [2.75, 3.05) is 6.61 Å². The summed E-state index contributed by atoms with van der Waals surface area (Å²) >= 11 is -11.2. The number of carbonyl (C=O) groups is 1. The van der Waals surface area contributed by atoms with Gasteiger partial charge in [0.1, 0.15) is 17.8 Å². The molecule has 2 rings (SSSR count). The third kappa shape index (κ3) is 12.0. The molecule has 0 bridgehead atoms. The Morgan fingerprint density at radius 2 is 1.46 bits per heavy atom. The molecular weight excluding hydrogens is 679 g/mol. The molecule has 230 valence electrons. The first kappa shape index (κ1) is 36.3. The van der Waals surface area contributed by atoms with Crippen LogP contribution in [0.4, 0.5) is 21.3 Å². The van der Waals surface area contributed by atoms with Crippen molar-refractivity contribution in [2.24, 2.45) is 5.73 Å². The molecule has 6 nitrogen and oxygen atoms in total. The first-order chi connectivity index (χ1) is 16.8. The average Bonchev–Trinajstić information content (AvgIpc) is 2.97. The number of amides is 1. The standard InChI is InChI=1S/C23H41FN2O4Si2.6FH.Sb/c1-22(2,3)31(7,8)28-15-17-19(30-32(9,10)23(4,5)6)18(24)21(29-17)26-13-11-12-16(14-26)20(25)27;;;;;;;/h11-14,17-19,21H,15H2,1-10H3,(H-,25,27);6*1H;/q;;;;;;;+5/p-5/t17-,18-,19-,21?;;;;;;;/m1......./s1. The summed E-state index contributed by atoms with van der Waals surface area (Å²) in [5.41, 5.74) is 5.71. The summed E-state index contributed by atoms with van der Waals surface area (Å²) < 4.78 is 96.1. The Labute approximate surface area is 230 Å². The maximum atomic E-state index is 15.9. The molecule has 0 radical (unpaired) electrons. The van der Waals surface area contributed by atoms with E-state index in [2.05, 4.69) is 67.7 Å². The predicted octanol–water partition coefficient (Wildman–Crippen LogP) is 6.86. The molecule has 1 aromatic rings. The Hall–Kier alpha value is -0.738. The zero-order valence-corrected chi connectivity index (χ0v) is 28.6. The molecular formula is C23H42F7N2O4SbSi2. The molecule has 39 heavy (non-hydrogen) atoms. The molecule has 2 N–H and O–H groups in total. The van der Waals surface area contributed by atoms with E-state index in [4.69, 9.17) is 19.3 Å². The number of primary amides is 1. The van der Waals surface area contributed by atoms with Crippen LogP contribution in [0.3, 0.4) is 0 Å². The van der Waals surface area contributed by atoms with E-state index in [-0.39, 0.29) is 16.7 Å². The fraction of sp³-hybridized carbons (Fsp3) is 0.739. The monoisotopic (exact) mass is 720 g/mol. The Balaban J connectivity index is 0.000000956. The Bertz CT molecular complexity index is 1020. The minimum absolute atomic E-state index is 0.0282. The molecule has 1 saturated heterocycles. The number of aromatic nitrogens is 1. The predicted molar refractivity (Wildman–Crippen MR) is 142 cm³/mol. The van der Waals surface area contributed by atoms with Crippen LogP contribution in [-0.4, -0.2) is 67.0 Å². The fourth-order valence-corrected chi connectivity index (χ4v) is 5.36. The zero-order valence-electron chi connectivity index (χ0n) is 24.1. The van der Waals surface area contributed by atoms with Gasteiger partial charge in [-0.3, -0.25) is 4.79 Å². The summed E-state index contributed by atoms with van der Waals surface area (Å²) in [5.74, 6) is -0.570. The van der Waals surface area contributed by atoms with Gasteiger partial charge in [0.2, 0.25) is 6.17 Å². The Morgan fingerprint density at radius 1 is 1.00 bits per heavy atom. The van der Waals surface area contributed by atoms with Gasteiger partial charge in [0, 0.05) is 6.07 Å². The van der Waals surface area contributed by atoms with Gasteiger partial charge in [0.15, 0.2) is 29.0 Å². The van der Waals surface area contributed by atoms with Crippen molar-refractivity contribution >= 4 is 42.0 Å². The molecule has 0 aromatic carbocycles. The van der Waals surface area contributed by atoms with E-state index in [1.54, 1.807) is 22.9 Å². The van der Waals surface area contributed by atoms with Gasteiger partial charge in [0.25, 0.3) is 12.1 Å². The summed E-state index contributed by atoms with van der Waals surface area (Å²) in [7, 11) is -4.33. The number of ether oxygens (including phenoxy) is 1. The first-order valence-corrected chi connectivity index (χ1v) is 23.9. The molecule has 1 unspecified atom stereocenters. The zero-order chi connectivity index (χ0) is 31.1. The van der Waals surface area contributed by atoms with Crippen LogP contribution in [-0.2, 0) is 13.6 Å². The van der Waals surface area contributed by atoms with Crippen LogP contribution in [0.15, 0.2) is 24.5 Å². The average molecular weight is 722 g/mol. The third-order valence-corrected chi connectivity index (χ3v) is 16.3. The summed E-state index contributed by atoms with van der Waals surface area (Å²) in [6.07, 6.45) is -0.426.